The number of β-lactam (4-membered cyclic amide) rings is 1. The van der Waals surface area contributed by atoms with E-state index in [4.69, 9.17) is 9.47 Å². The molecule has 0 saturated carbocycles. The van der Waals surface area contributed by atoms with Gasteiger partial charge in [0.15, 0.2) is 5.13 Å². The van der Waals surface area contributed by atoms with Crippen molar-refractivity contribution in [3.05, 3.63) is 62.3 Å². The summed E-state index contributed by atoms with van der Waals surface area (Å²) < 4.78 is 9.96. The van der Waals surface area contributed by atoms with Gasteiger partial charge in [-0.1, -0.05) is 0 Å². The normalized spacial score (nSPS) is 17.8. The first-order valence-electron chi connectivity index (χ1n) is 11.5. The molecule has 15 nitrogen and oxygen atoms in total. The molecule has 1 aromatic heterocycles. The van der Waals surface area contributed by atoms with Crippen molar-refractivity contribution in [1.29, 1.82) is 0 Å². The van der Waals surface area contributed by atoms with E-state index in [1.54, 1.807) is 5.38 Å². The van der Waals surface area contributed by atoms with Crippen LogP contribution in [0.25, 0.3) is 0 Å². The number of nitrogens with zero attached hydrogens (tertiary/aromatic N) is 3. The molecule has 4 rings (SSSR count). The number of carboxylic acids is 1. The molecule has 210 valence electrons. The molecular formula is C23H21N5O10S2. The fraction of sp³-hybridized carbons (Fsp3) is 0.304. The largest absolute Gasteiger partial charge is 0.477 e. The van der Waals surface area contributed by atoms with Crippen LogP contribution >= 0.6 is 23.1 Å². The zero-order valence-electron chi connectivity index (χ0n) is 20.6. The van der Waals surface area contributed by atoms with Crippen LogP contribution in [0, 0.1) is 10.1 Å². The smallest absolute Gasteiger partial charge is 0.413 e. The van der Waals surface area contributed by atoms with Gasteiger partial charge in [0.1, 0.15) is 30.3 Å². The molecule has 0 radical (unpaired) electrons. The Bertz CT molecular complexity index is 1410. The van der Waals surface area contributed by atoms with Crippen LogP contribution in [0.1, 0.15) is 18.2 Å². The van der Waals surface area contributed by atoms with Crippen molar-refractivity contribution >= 4 is 63.8 Å². The van der Waals surface area contributed by atoms with Gasteiger partial charge in [-0.05, 0) is 17.7 Å². The average molecular weight is 592 g/mol. The van der Waals surface area contributed by atoms with Gasteiger partial charge >= 0.3 is 18.0 Å². The van der Waals surface area contributed by atoms with E-state index in [1.165, 1.54) is 43.0 Å². The number of thiazole rings is 1. The number of ether oxygens (including phenoxy) is 2. The first-order chi connectivity index (χ1) is 19.0. The minimum absolute atomic E-state index is 0.0868. The molecule has 2 aliphatic heterocycles. The molecule has 0 bridgehead atoms. The number of amides is 3. The number of nitro benzene ring substituents is 1. The zero-order chi connectivity index (χ0) is 29.0. The third-order valence-corrected chi connectivity index (χ3v) is 7.78. The van der Waals surface area contributed by atoms with Gasteiger partial charge in [0.05, 0.1) is 17.0 Å². The molecule has 0 spiro atoms. The molecule has 1 fully saturated rings. The van der Waals surface area contributed by atoms with E-state index in [-0.39, 0.29) is 47.5 Å². The highest BCUT2D eigenvalue weighted by atomic mass is 32.2. The molecule has 2 aromatic rings. The van der Waals surface area contributed by atoms with Gasteiger partial charge in [0.2, 0.25) is 5.91 Å². The number of nitro groups is 1. The van der Waals surface area contributed by atoms with Gasteiger partial charge in [0.25, 0.3) is 11.6 Å². The van der Waals surface area contributed by atoms with Crippen molar-refractivity contribution in [3.8, 4) is 0 Å². The van der Waals surface area contributed by atoms with Gasteiger partial charge in [-0.2, -0.15) is 0 Å². The van der Waals surface area contributed by atoms with Gasteiger partial charge in [-0.3, -0.25) is 34.7 Å². The van der Waals surface area contributed by atoms with Crippen molar-refractivity contribution < 1.29 is 43.5 Å². The van der Waals surface area contributed by atoms with Crippen molar-refractivity contribution in [1.82, 2.24) is 15.2 Å². The van der Waals surface area contributed by atoms with E-state index >= 15 is 0 Å². The van der Waals surface area contributed by atoms with Crippen LogP contribution in [0.15, 0.2) is 40.9 Å². The highest BCUT2D eigenvalue weighted by molar-refractivity contribution is 8.00. The van der Waals surface area contributed by atoms with Crippen LogP contribution in [0.4, 0.5) is 15.6 Å². The standard InChI is InChI=1S/C23H21N5O10S2/c1-11(29)37-8-13-9-39-20-17(19(31)27(20)18(13)21(32)33)25-16(30)6-14-10-40-22(24-14)26-23(34)38-7-12-2-4-15(5-3-12)28(35)36/h2-5,10,17,20H,6-9H2,1H3,(H,25,30)(H,32,33)(H,24,26,34)/t17-,20-/m1/s1. The van der Waals surface area contributed by atoms with E-state index in [1.807, 2.05) is 0 Å². The fourth-order valence-corrected chi connectivity index (χ4v) is 5.83. The Hall–Kier alpha value is -4.51. The molecule has 0 aliphatic carbocycles. The number of esters is 1. The van der Waals surface area contributed by atoms with Crippen LogP contribution in [-0.2, 0) is 41.7 Å². The van der Waals surface area contributed by atoms with Crippen LogP contribution in [-0.4, -0.2) is 73.5 Å². The van der Waals surface area contributed by atoms with E-state index in [0.717, 1.165) is 16.2 Å². The molecule has 2 aliphatic rings. The maximum Gasteiger partial charge on any atom is 0.413 e. The lowest BCUT2D eigenvalue weighted by molar-refractivity contribution is -0.384. The average Bonchev–Trinajstić information content (AvgIpc) is 3.34. The summed E-state index contributed by atoms with van der Waals surface area (Å²) in [6.45, 7) is 0.819. The number of anilines is 1. The summed E-state index contributed by atoms with van der Waals surface area (Å²) in [5.74, 6) is -2.83. The van der Waals surface area contributed by atoms with E-state index in [0.29, 0.717) is 11.3 Å². The predicted octanol–water partition coefficient (Wildman–Crippen LogP) is 1.64. The minimum Gasteiger partial charge on any atom is -0.477 e. The van der Waals surface area contributed by atoms with Gasteiger partial charge < -0.3 is 19.9 Å². The van der Waals surface area contributed by atoms with Crippen molar-refractivity contribution in [2.45, 2.75) is 31.4 Å². The van der Waals surface area contributed by atoms with Gasteiger partial charge in [-0.15, -0.1) is 23.1 Å². The maximum atomic E-state index is 12.7. The maximum absolute atomic E-state index is 12.7. The third-order valence-electron chi connectivity index (χ3n) is 5.64. The summed E-state index contributed by atoms with van der Waals surface area (Å²) in [5, 5.41) is 26.4. The van der Waals surface area contributed by atoms with Crippen LogP contribution < -0.4 is 10.6 Å². The number of carbonyl (C=O) groups is 5. The van der Waals surface area contributed by atoms with Crippen molar-refractivity contribution in [3.63, 3.8) is 0 Å². The Morgan fingerprint density at radius 2 is 1.93 bits per heavy atom. The predicted molar refractivity (Wildman–Crippen MR) is 139 cm³/mol. The summed E-state index contributed by atoms with van der Waals surface area (Å²) in [4.78, 5) is 75.6. The lowest BCUT2D eigenvalue weighted by Gasteiger charge is -2.49. The van der Waals surface area contributed by atoms with Gasteiger partial charge in [-0.25, -0.2) is 14.6 Å². The number of aliphatic carboxylic acids is 1. The number of aromatic nitrogens is 1. The number of non-ortho nitro benzene ring substituents is 1. The first-order valence-corrected chi connectivity index (χ1v) is 13.4. The van der Waals surface area contributed by atoms with E-state index in [9.17, 15) is 39.2 Å². The Balaban J connectivity index is 1.26. The molecule has 17 heteroatoms. The molecule has 3 amide bonds. The summed E-state index contributed by atoms with van der Waals surface area (Å²) in [5.41, 5.74) is 0.815. The monoisotopic (exact) mass is 591 g/mol. The van der Waals surface area contributed by atoms with E-state index in [2.05, 4.69) is 15.6 Å². The highest BCUT2D eigenvalue weighted by Crippen LogP contribution is 2.40. The van der Waals surface area contributed by atoms with Crippen molar-refractivity contribution in [2.75, 3.05) is 17.7 Å². The highest BCUT2D eigenvalue weighted by Gasteiger charge is 2.54. The number of hydrogen-bond donors (Lipinski definition) is 3. The molecule has 3 heterocycles. The second kappa shape index (κ2) is 12.1. The van der Waals surface area contributed by atoms with Gasteiger partial charge in [0, 0.05) is 35.8 Å². The topological polar surface area (TPSA) is 207 Å². The number of benzene rings is 1. The lowest BCUT2D eigenvalue weighted by atomic mass is 10.0. The molecule has 1 saturated heterocycles. The molecule has 3 N–H and O–H groups in total. The SMILES string of the molecule is CC(=O)OCC1=C(C(=O)O)N2C(=O)[C@@H](NC(=O)Cc3csc(NC(=O)OCc4ccc([N+](=O)[O-])cc4)n3)[C@H]2SC1. The number of thioether (sulfide) groups is 1. The summed E-state index contributed by atoms with van der Waals surface area (Å²) in [7, 11) is 0. The number of carbonyl (C=O) groups excluding carboxylic acids is 4. The molecular weight excluding hydrogens is 570 g/mol. The Morgan fingerprint density at radius 3 is 2.58 bits per heavy atom. The van der Waals surface area contributed by atoms with Crippen LogP contribution in [0.2, 0.25) is 0 Å². The van der Waals surface area contributed by atoms with Crippen LogP contribution in [0.3, 0.4) is 0 Å². The number of carboxylic acid groups (broad SMARTS) is 1. The number of hydrogen-bond acceptors (Lipinski definition) is 12. The fourth-order valence-electron chi connectivity index (χ4n) is 3.80. The van der Waals surface area contributed by atoms with E-state index < -0.39 is 46.2 Å². The Kier molecular flexibility index (Phi) is 8.64. The number of fused-ring (bicyclic) bond motifs is 1. The number of nitrogens with one attached hydrogen (secondary N) is 2. The summed E-state index contributed by atoms with van der Waals surface area (Å²) in [6, 6.07) is 4.57. The lowest BCUT2D eigenvalue weighted by Crippen LogP contribution is -2.70. The summed E-state index contributed by atoms with van der Waals surface area (Å²) in [6.07, 6.45) is -1.01. The minimum atomic E-state index is -1.33. The first kappa shape index (κ1) is 28.5. The zero-order valence-corrected chi connectivity index (χ0v) is 22.3. The summed E-state index contributed by atoms with van der Waals surface area (Å²) >= 11 is 2.29. The number of rotatable bonds is 10. The van der Waals surface area contributed by atoms with Crippen LogP contribution in [0.5, 0.6) is 0 Å². The Morgan fingerprint density at radius 1 is 1.20 bits per heavy atom. The third kappa shape index (κ3) is 6.55. The molecule has 40 heavy (non-hydrogen) atoms. The molecule has 1 aromatic carbocycles. The second-order valence-electron chi connectivity index (χ2n) is 8.44. The molecule has 2 atom stereocenters. The molecule has 0 unspecified atom stereocenters. The Labute approximate surface area is 233 Å². The van der Waals surface area contributed by atoms with Crippen molar-refractivity contribution in [2.24, 2.45) is 0 Å². The quantitative estimate of drug-likeness (QED) is 0.156. The second-order valence-corrected chi connectivity index (χ2v) is 10.4.